The molecule has 0 spiro atoms. The van der Waals surface area contributed by atoms with E-state index in [0.717, 1.165) is 19.5 Å². The van der Waals surface area contributed by atoms with Crippen LogP contribution >= 0.6 is 34.0 Å². The number of rotatable bonds is 2. The van der Waals surface area contributed by atoms with Crippen molar-refractivity contribution in [3.05, 3.63) is 51.5 Å². The van der Waals surface area contributed by atoms with Crippen molar-refractivity contribution in [1.82, 2.24) is 0 Å². The first kappa shape index (κ1) is 16.2. The average Bonchev–Trinajstić information content (AvgIpc) is 3.17. The normalized spacial score (nSPS) is 13.0. The summed E-state index contributed by atoms with van der Waals surface area (Å²) in [6.07, 6.45) is 0. The molecular weight excluding hydrogens is 443 g/mol. The number of nitrogens with zero attached hydrogens (tertiary/aromatic N) is 1. The average molecular weight is 449 g/mol. The number of hydrogen-bond acceptors (Lipinski definition) is 5. The third-order valence-electron chi connectivity index (χ3n) is 3.03. The maximum absolute atomic E-state index is 12.0. The molecule has 0 bridgehead atoms. The summed E-state index contributed by atoms with van der Waals surface area (Å²) >= 11 is 4.63. The standard InChI is InChI=1S/C14H7NO2S3.Cs/c16-13-9-10(14(17)15-13)12(8-4-2-6-19-8)20-11(9)7-3-1-5-18-7;/h1-6H,(H,15,16,17);/q;+1/p-1. The second kappa shape index (κ2) is 6.42. The van der Waals surface area contributed by atoms with Crippen LogP contribution in [0.5, 0.6) is 0 Å². The molecule has 1 aliphatic heterocycles. The summed E-state index contributed by atoms with van der Waals surface area (Å²) in [5.74, 6) is -0.820. The molecule has 3 aromatic heterocycles. The zero-order valence-corrected chi connectivity index (χ0v) is 19.7. The number of carbonyl (C=O) groups excluding carboxylic acids is 2. The first-order chi connectivity index (χ1) is 9.75. The number of hydrogen-bond donors (Lipinski definition) is 0. The van der Waals surface area contributed by atoms with Gasteiger partial charge in [-0.1, -0.05) is 12.1 Å². The van der Waals surface area contributed by atoms with Gasteiger partial charge in [0.05, 0.1) is 21.6 Å². The fraction of sp³-hybridized carbons (Fsp3) is 0. The number of amides is 2. The Morgan fingerprint density at radius 3 is 1.67 bits per heavy atom. The number of thiophene rings is 3. The zero-order valence-electron chi connectivity index (χ0n) is 11.0. The second-order valence-corrected chi connectivity index (χ2v) is 7.10. The summed E-state index contributed by atoms with van der Waals surface area (Å²) < 4.78 is 0. The Bertz CT molecular complexity index is 752. The van der Waals surface area contributed by atoms with E-state index in [9.17, 15) is 9.59 Å². The van der Waals surface area contributed by atoms with Crippen LogP contribution in [0.25, 0.3) is 24.8 Å². The Kier molecular flexibility index (Phi) is 4.94. The molecule has 0 unspecified atom stereocenters. The van der Waals surface area contributed by atoms with Gasteiger partial charge >= 0.3 is 68.9 Å². The van der Waals surface area contributed by atoms with Crippen molar-refractivity contribution < 1.29 is 78.5 Å². The summed E-state index contributed by atoms with van der Waals surface area (Å²) in [4.78, 5) is 27.7. The number of fused-ring (bicyclic) bond motifs is 1. The molecule has 2 amide bonds. The van der Waals surface area contributed by atoms with Gasteiger partial charge in [0.2, 0.25) is 0 Å². The van der Waals surface area contributed by atoms with Gasteiger partial charge in [-0.15, -0.1) is 34.0 Å². The molecule has 0 saturated heterocycles. The molecule has 0 radical (unpaired) electrons. The maximum atomic E-state index is 12.0. The molecule has 0 atom stereocenters. The molecule has 7 heteroatoms. The van der Waals surface area contributed by atoms with E-state index in [0.29, 0.717) is 11.1 Å². The van der Waals surface area contributed by atoms with Gasteiger partial charge in [0.15, 0.2) is 0 Å². The number of imide groups is 1. The minimum Gasteiger partial charge on any atom is -0.587 e. The van der Waals surface area contributed by atoms with Crippen LogP contribution in [0, 0.1) is 0 Å². The first-order valence-corrected chi connectivity index (χ1v) is 8.38. The van der Waals surface area contributed by atoms with E-state index in [1.54, 1.807) is 22.7 Å². The van der Waals surface area contributed by atoms with E-state index in [1.165, 1.54) is 11.3 Å². The molecule has 0 aliphatic carbocycles. The molecule has 4 rings (SSSR count). The van der Waals surface area contributed by atoms with Crippen molar-refractivity contribution in [2.75, 3.05) is 0 Å². The molecule has 3 aromatic rings. The van der Waals surface area contributed by atoms with Gasteiger partial charge in [-0.25, -0.2) is 0 Å². The van der Waals surface area contributed by atoms with E-state index < -0.39 is 11.8 Å². The molecule has 0 fully saturated rings. The van der Waals surface area contributed by atoms with Gasteiger partial charge in [-0.2, -0.15) is 0 Å². The Morgan fingerprint density at radius 1 is 0.810 bits per heavy atom. The van der Waals surface area contributed by atoms with Crippen LogP contribution in [-0.2, 0) is 0 Å². The molecule has 0 N–H and O–H groups in total. The molecule has 1 aliphatic rings. The molecule has 21 heavy (non-hydrogen) atoms. The maximum Gasteiger partial charge on any atom is 1.00 e. The largest absolute Gasteiger partial charge is 1.00 e. The Balaban J connectivity index is 0.00000132. The molecule has 4 heterocycles. The Hall–Kier alpha value is 0.292. The first-order valence-electron chi connectivity index (χ1n) is 5.80. The van der Waals surface area contributed by atoms with Crippen LogP contribution in [0.2, 0.25) is 0 Å². The van der Waals surface area contributed by atoms with Crippen molar-refractivity contribution in [2.45, 2.75) is 0 Å². The van der Waals surface area contributed by atoms with Gasteiger partial charge in [-0.3, -0.25) is 0 Å². The summed E-state index contributed by atoms with van der Waals surface area (Å²) in [7, 11) is 0. The van der Waals surface area contributed by atoms with Gasteiger partial charge in [-0.05, 0) is 22.9 Å². The van der Waals surface area contributed by atoms with E-state index in [2.05, 4.69) is 5.32 Å². The van der Waals surface area contributed by atoms with Crippen LogP contribution in [0.1, 0.15) is 20.7 Å². The van der Waals surface area contributed by atoms with Crippen molar-refractivity contribution in [1.29, 1.82) is 0 Å². The van der Waals surface area contributed by atoms with Gasteiger partial charge in [0.1, 0.15) is 0 Å². The second-order valence-electron chi connectivity index (χ2n) is 4.19. The predicted molar refractivity (Wildman–Crippen MR) is 83.0 cm³/mol. The van der Waals surface area contributed by atoms with Crippen molar-refractivity contribution in [3.63, 3.8) is 0 Å². The topological polar surface area (TPSA) is 48.2 Å². The third-order valence-corrected chi connectivity index (χ3v) is 6.32. The molecule has 0 aromatic carbocycles. The van der Waals surface area contributed by atoms with Crippen LogP contribution in [0.3, 0.4) is 0 Å². The van der Waals surface area contributed by atoms with Crippen molar-refractivity contribution in [3.8, 4) is 19.5 Å². The summed E-state index contributed by atoms with van der Waals surface area (Å²) in [5.41, 5.74) is 0.955. The summed E-state index contributed by atoms with van der Waals surface area (Å²) in [6.45, 7) is 0. The van der Waals surface area contributed by atoms with Crippen molar-refractivity contribution in [2.24, 2.45) is 0 Å². The fourth-order valence-corrected chi connectivity index (χ4v) is 5.21. The molecule has 3 nitrogen and oxygen atoms in total. The van der Waals surface area contributed by atoms with Gasteiger partial charge < -0.3 is 14.9 Å². The minimum absolute atomic E-state index is 0. The summed E-state index contributed by atoms with van der Waals surface area (Å²) in [6, 6.07) is 7.81. The molecule has 0 saturated carbocycles. The van der Waals surface area contributed by atoms with Gasteiger partial charge in [0.25, 0.3) is 0 Å². The Morgan fingerprint density at radius 2 is 1.29 bits per heavy atom. The van der Waals surface area contributed by atoms with Crippen LogP contribution < -0.4 is 68.9 Å². The third kappa shape index (κ3) is 2.68. The number of carbonyl (C=O) groups is 2. The van der Waals surface area contributed by atoms with Crippen molar-refractivity contribution >= 4 is 45.8 Å². The van der Waals surface area contributed by atoms with Gasteiger partial charge in [0, 0.05) is 20.9 Å². The van der Waals surface area contributed by atoms with Crippen LogP contribution in [-0.4, -0.2) is 11.8 Å². The minimum atomic E-state index is -0.410. The smallest absolute Gasteiger partial charge is 0.587 e. The van der Waals surface area contributed by atoms with E-state index in [-0.39, 0.29) is 68.9 Å². The molecular formula is C14H6CsNO2S3. The van der Waals surface area contributed by atoms with Crippen LogP contribution in [0.15, 0.2) is 35.0 Å². The monoisotopic (exact) mass is 449 g/mol. The van der Waals surface area contributed by atoms with E-state index >= 15 is 0 Å². The predicted octanol–water partition coefficient (Wildman–Crippen LogP) is 1.88. The summed E-state index contributed by atoms with van der Waals surface area (Å²) in [5, 5.41) is 7.52. The Labute approximate surface area is 191 Å². The SMILES string of the molecule is O=C1[N-]C(=O)c2c(-c3cccs3)sc(-c3cccs3)c21.[Cs+]. The fourth-order valence-electron chi connectivity index (χ4n) is 2.21. The zero-order chi connectivity index (χ0) is 13.7. The van der Waals surface area contributed by atoms with Crippen LogP contribution in [0.4, 0.5) is 0 Å². The van der Waals surface area contributed by atoms with E-state index in [4.69, 9.17) is 0 Å². The van der Waals surface area contributed by atoms with E-state index in [1.807, 2.05) is 35.0 Å². The quantitative estimate of drug-likeness (QED) is 0.562. The molecule has 98 valence electrons.